The molecule has 1 amide bonds. The first-order valence-corrected chi connectivity index (χ1v) is 10.9. The fraction of sp³-hybridized carbons (Fsp3) is 0.304. The maximum atomic E-state index is 12.9. The largest absolute Gasteiger partial charge is 0.368 e. The Bertz CT molecular complexity index is 1300. The highest BCUT2D eigenvalue weighted by atomic mass is 16.2. The molecular weight excluding hydrogens is 418 g/mol. The Morgan fingerprint density at radius 2 is 2.00 bits per heavy atom. The maximum Gasteiger partial charge on any atom is 0.230 e. The summed E-state index contributed by atoms with van der Waals surface area (Å²) in [5, 5.41) is 2.90. The Kier molecular flexibility index (Phi) is 5.33. The summed E-state index contributed by atoms with van der Waals surface area (Å²) in [6, 6.07) is 9.51. The number of anilines is 3. The number of pyridine rings is 2. The number of fused-ring (bicyclic) bond motifs is 1. The number of carbonyl (C=O) groups excluding carboxylic acids is 1. The fourth-order valence-electron chi connectivity index (χ4n) is 4.15. The minimum Gasteiger partial charge on any atom is -0.368 e. The third-order valence-electron chi connectivity index (χ3n) is 6.04. The van der Waals surface area contributed by atoms with Crippen LogP contribution in [0.1, 0.15) is 25.6 Å². The molecule has 0 bridgehead atoms. The topological polar surface area (TPSA) is 127 Å². The maximum absolute atomic E-state index is 12.9. The van der Waals surface area contributed by atoms with Crippen molar-refractivity contribution in [3.8, 4) is 11.4 Å². The molecule has 5 heterocycles. The highest BCUT2D eigenvalue weighted by molar-refractivity contribution is 5.92. The first-order valence-electron chi connectivity index (χ1n) is 10.9. The van der Waals surface area contributed by atoms with E-state index in [1.165, 1.54) is 0 Å². The number of amides is 1. The normalized spacial score (nSPS) is 18.4. The van der Waals surface area contributed by atoms with Gasteiger partial charge in [-0.1, -0.05) is 6.07 Å². The highest BCUT2D eigenvalue weighted by Gasteiger charge is 2.32. The quantitative estimate of drug-likeness (QED) is 0.493. The lowest BCUT2D eigenvalue weighted by Gasteiger charge is -2.37. The lowest BCUT2D eigenvalue weighted by atomic mass is 9.93. The molecule has 0 saturated carbocycles. The van der Waals surface area contributed by atoms with Crippen LogP contribution in [0.3, 0.4) is 0 Å². The first kappa shape index (κ1) is 20.8. The lowest BCUT2D eigenvalue weighted by Crippen LogP contribution is -2.46. The number of piperidine rings is 1. The molecule has 5 rings (SSSR count). The Morgan fingerprint density at radius 1 is 1.12 bits per heavy atom. The van der Waals surface area contributed by atoms with Crippen molar-refractivity contribution in [3.05, 3.63) is 54.7 Å². The zero-order valence-corrected chi connectivity index (χ0v) is 18.5. The molecule has 0 spiro atoms. The van der Waals surface area contributed by atoms with E-state index < -0.39 is 0 Å². The van der Waals surface area contributed by atoms with Crippen molar-refractivity contribution in [1.29, 1.82) is 0 Å². The zero-order valence-electron chi connectivity index (χ0n) is 18.5. The van der Waals surface area contributed by atoms with Crippen LogP contribution in [0.2, 0.25) is 0 Å². The summed E-state index contributed by atoms with van der Waals surface area (Å²) in [7, 11) is 0. The van der Waals surface area contributed by atoms with E-state index in [0.717, 1.165) is 29.7 Å². The molecule has 1 aliphatic heterocycles. The predicted octanol–water partition coefficient (Wildman–Crippen LogP) is 2.72. The average Bonchev–Trinajstić information content (AvgIpc) is 3.19. The lowest BCUT2D eigenvalue weighted by molar-refractivity contribution is -0.120. The number of nitrogens with two attached hydrogens (primary N) is 1. The van der Waals surface area contributed by atoms with E-state index in [2.05, 4.69) is 32.2 Å². The van der Waals surface area contributed by atoms with Crippen molar-refractivity contribution in [1.82, 2.24) is 29.3 Å². The monoisotopic (exact) mass is 443 g/mol. The highest BCUT2D eigenvalue weighted by Crippen LogP contribution is 2.28. The number of aromatic nitrogens is 6. The molecule has 3 N–H and O–H groups in total. The van der Waals surface area contributed by atoms with Gasteiger partial charge in [0.25, 0.3) is 0 Å². The zero-order chi connectivity index (χ0) is 22.9. The van der Waals surface area contributed by atoms with E-state index in [1.54, 1.807) is 12.3 Å². The van der Waals surface area contributed by atoms with Gasteiger partial charge in [0.05, 0.1) is 17.6 Å². The molecule has 1 aliphatic rings. The second kappa shape index (κ2) is 8.45. The molecule has 4 aromatic rings. The van der Waals surface area contributed by atoms with Crippen LogP contribution in [0.4, 0.5) is 17.7 Å². The molecular formula is C23H25N9O. The van der Waals surface area contributed by atoms with E-state index in [4.69, 9.17) is 10.7 Å². The standard InChI is InChI=1S/C23H25N9O/c1-14-6-7-17(21(33)27-19-5-3-4-10-25-19)13-31(14)23-29-20(28-22(24)30-23)16-8-9-18-11-26-15(2)32(18)12-16/h3-5,8-12,14,17H,6-7,13H2,1-2H3,(H,25,27,33)(H2,24,28,29,30). The van der Waals surface area contributed by atoms with E-state index in [0.29, 0.717) is 24.1 Å². The van der Waals surface area contributed by atoms with Crippen LogP contribution >= 0.6 is 0 Å². The number of nitrogen functional groups attached to an aromatic ring is 1. The van der Waals surface area contributed by atoms with Crippen LogP contribution in [-0.4, -0.2) is 47.8 Å². The molecule has 0 radical (unpaired) electrons. The summed E-state index contributed by atoms with van der Waals surface area (Å²) < 4.78 is 1.98. The SMILES string of the molecule is Cc1ncc2ccc(-c3nc(N)nc(N4CC(C(=O)Nc5ccccn5)CCC4C)n3)cn12. The minimum absolute atomic E-state index is 0.0612. The van der Waals surface area contributed by atoms with Crippen molar-refractivity contribution in [2.24, 2.45) is 5.92 Å². The number of hydrogen-bond donors (Lipinski definition) is 2. The number of nitrogens with zero attached hydrogens (tertiary/aromatic N) is 7. The third kappa shape index (κ3) is 4.19. The van der Waals surface area contributed by atoms with Gasteiger partial charge in [-0.3, -0.25) is 4.79 Å². The van der Waals surface area contributed by atoms with Crippen molar-refractivity contribution >= 4 is 29.1 Å². The van der Waals surface area contributed by atoms with Gasteiger partial charge in [-0.15, -0.1) is 0 Å². The second-order valence-corrected chi connectivity index (χ2v) is 8.32. The Hall–Kier alpha value is -4.08. The van der Waals surface area contributed by atoms with Crippen LogP contribution in [0.5, 0.6) is 0 Å². The summed E-state index contributed by atoms with van der Waals surface area (Å²) in [5.74, 6) is 2.25. The Morgan fingerprint density at radius 3 is 2.82 bits per heavy atom. The van der Waals surface area contributed by atoms with Gasteiger partial charge in [0.15, 0.2) is 5.82 Å². The summed E-state index contributed by atoms with van der Waals surface area (Å²) >= 11 is 0. The van der Waals surface area contributed by atoms with Crippen LogP contribution in [0.15, 0.2) is 48.9 Å². The van der Waals surface area contributed by atoms with Gasteiger partial charge in [-0.25, -0.2) is 9.97 Å². The van der Waals surface area contributed by atoms with Gasteiger partial charge in [0.1, 0.15) is 11.6 Å². The van der Waals surface area contributed by atoms with Gasteiger partial charge in [-0.2, -0.15) is 15.0 Å². The van der Waals surface area contributed by atoms with Crippen LogP contribution in [0, 0.1) is 12.8 Å². The molecule has 10 heteroatoms. The number of rotatable bonds is 4. The van der Waals surface area contributed by atoms with Gasteiger partial charge >= 0.3 is 0 Å². The van der Waals surface area contributed by atoms with Crippen molar-refractivity contribution in [2.75, 3.05) is 22.5 Å². The van der Waals surface area contributed by atoms with Crippen LogP contribution < -0.4 is 16.0 Å². The molecule has 0 aliphatic carbocycles. The minimum atomic E-state index is -0.213. The molecule has 1 saturated heterocycles. The molecule has 2 atom stereocenters. The van der Waals surface area contributed by atoms with E-state index in [9.17, 15) is 4.79 Å². The Balaban J connectivity index is 1.42. The molecule has 33 heavy (non-hydrogen) atoms. The van der Waals surface area contributed by atoms with Gasteiger partial charge in [0, 0.05) is 30.5 Å². The molecule has 1 fully saturated rings. The number of hydrogen-bond acceptors (Lipinski definition) is 8. The third-order valence-corrected chi connectivity index (χ3v) is 6.04. The average molecular weight is 444 g/mol. The second-order valence-electron chi connectivity index (χ2n) is 8.32. The van der Waals surface area contributed by atoms with Crippen molar-refractivity contribution in [2.45, 2.75) is 32.7 Å². The van der Waals surface area contributed by atoms with E-state index in [-0.39, 0.29) is 23.8 Å². The van der Waals surface area contributed by atoms with E-state index >= 15 is 0 Å². The Labute approximate surface area is 190 Å². The molecule has 4 aromatic heterocycles. The molecule has 2 unspecified atom stereocenters. The van der Waals surface area contributed by atoms with Crippen molar-refractivity contribution < 1.29 is 4.79 Å². The summed E-state index contributed by atoms with van der Waals surface area (Å²) in [6.07, 6.45) is 7.03. The fourth-order valence-corrected chi connectivity index (χ4v) is 4.15. The van der Waals surface area contributed by atoms with Crippen LogP contribution in [-0.2, 0) is 4.79 Å². The molecule has 168 valence electrons. The van der Waals surface area contributed by atoms with Crippen LogP contribution in [0.25, 0.3) is 16.9 Å². The molecule has 0 aromatic carbocycles. The first-order chi connectivity index (χ1) is 16.0. The number of carbonyl (C=O) groups is 1. The summed E-state index contributed by atoms with van der Waals surface area (Å²) in [6.45, 7) is 4.53. The number of aryl methyl sites for hydroxylation is 1. The summed E-state index contributed by atoms with van der Waals surface area (Å²) in [4.78, 5) is 36.9. The number of imidazole rings is 1. The predicted molar refractivity (Wildman–Crippen MR) is 126 cm³/mol. The summed E-state index contributed by atoms with van der Waals surface area (Å²) in [5.41, 5.74) is 7.88. The van der Waals surface area contributed by atoms with E-state index in [1.807, 2.05) is 52.9 Å². The smallest absolute Gasteiger partial charge is 0.230 e. The van der Waals surface area contributed by atoms with Crippen molar-refractivity contribution in [3.63, 3.8) is 0 Å². The van der Waals surface area contributed by atoms with Gasteiger partial charge in [0.2, 0.25) is 17.8 Å². The molecule has 10 nitrogen and oxygen atoms in total. The van der Waals surface area contributed by atoms with Gasteiger partial charge in [-0.05, 0) is 51.0 Å². The number of nitrogens with one attached hydrogen (secondary N) is 1. The van der Waals surface area contributed by atoms with Gasteiger partial charge < -0.3 is 20.4 Å².